The van der Waals surface area contributed by atoms with Crippen LogP contribution in [0, 0.1) is 11.3 Å². The molecular weight excluding hydrogens is 415 g/mol. The molecule has 0 aromatic heterocycles. The summed E-state index contributed by atoms with van der Waals surface area (Å²) in [6.45, 7) is 2.04. The lowest BCUT2D eigenvalue weighted by molar-refractivity contribution is -0.0951. The Kier molecular flexibility index (Phi) is 5.62. The summed E-state index contributed by atoms with van der Waals surface area (Å²) in [7, 11) is 0. The normalized spacial score (nSPS) is 18.8. The number of benzene rings is 2. The molecule has 1 unspecified atom stereocenters. The number of amides is 2. The highest BCUT2D eigenvalue weighted by Gasteiger charge is 2.39. The van der Waals surface area contributed by atoms with E-state index in [-0.39, 0.29) is 13.0 Å². The zero-order valence-electron chi connectivity index (χ0n) is 17.3. The predicted molar refractivity (Wildman–Crippen MR) is 116 cm³/mol. The third-order valence-electron chi connectivity index (χ3n) is 5.77. The molecule has 0 radical (unpaired) electrons. The second-order valence-corrected chi connectivity index (χ2v) is 7.67. The van der Waals surface area contributed by atoms with E-state index in [0.29, 0.717) is 11.3 Å². The predicted octanol–water partition coefficient (Wildman–Crippen LogP) is 5.80. The standard InChI is InChI=1S/C25H20F3N3O/c1-16-23(22-8-3-2-7-21(22)18-11-9-17(14-29)10-12-18)15-30-24(32)31(16)20-6-4-5-19(13-20)25(26,27)28/h2-12,20H,13,15H2,1H3,(H,30,32). The number of halogens is 3. The quantitative estimate of drug-likeness (QED) is 0.663. The van der Waals surface area contributed by atoms with E-state index in [2.05, 4.69) is 11.4 Å². The molecule has 32 heavy (non-hydrogen) atoms. The van der Waals surface area contributed by atoms with Crippen molar-refractivity contribution < 1.29 is 18.0 Å². The fraction of sp³-hybridized carbons (Fsp3) is 0.200. The van der Waals surface area contributed by atoms with Gasteiger partial charge in [0.2, 0.25) is 0 Å². The molecule has 0 bridgehead atoms. The van der Waals surface area contributed by atoms with Crippen molar-refractivity contribution in [2.75, 3.05) is 6.54 Å². The maximum atomic E-state index is 13.3. The molecule has 1 N–H and O–H groups in total. The number of urea groups is 1. The van der Waals surface area contributed by atoms with E-state index in [1.807, 2.05) is 36.4 Å². The molecular formula is C25H20F3N3O. The van der Waals surface area contributed by atoms with Gasteiger partial charge < -0.3 is 5.32 Å². The first-order chi connectivity index (χ1) is 15.3. The zero-order chi connectivity index (χ0) is 22.9. The molecule has 1 aliphatic heterocycles. The Hall–Kier alpha value is -3.79. The number of alkyl halides is 3. The fourth-order valence-electron chi connectivity index (χ4n) is 4.14. The summed E-state index contributed by atoms with van der Waals surface area (Å²) in [5, 5.41) is 11.9. The van der Waals surface area contributed by atoms with Crippen LogP contribution in [0.15, 0.2) is 78.0 Å². The Morgan fingerprint density at radius 2 is 1.78 bits per heavy atom. The van der Waals surface area contributed by atoms with Gasteiger partial charge in [-0.15, -0.1) is 0 Å². The minimum atomic E-state index is -4.43. The Bertz CT molecular complexity index is 1180. The molecule has 162 valence electrons. The topological polar surface area (TPSA) is 56.1 Å². The van der Waals surface area contributed by atoms with Crippen LogP contribution >= 0.6 is 0 Å². The Morgan fingerprint density at radius 3 is 2.44 bits per heavy atom. The summed E-state index contributed by atoms with van der Waals surface area (Å²) in [5.41, 5.74) is 4.05. The van der Waals surface area contributed by atoms with Gasteiger partial charge in [0.1, 0.15) is 0 Å². The third kappa shape index (κ3) is 4.04. The number of hydrogen-bond donors (Lipinski definition) is 1. The number of rotatable bonds is 3. The van der Waals surface area contributed by atoms with Crippen LogP contribution < -0.4 is 5.32 Å². The van der Waals surface area contributed by atoms with Gasteiger partial charge >= 0.3 is 12.2 Å². The highest BCUT2D eigenvalue weighted by molar-refractivity contribution is 5.90. The van der Waals surface area contributed by atoms with Gasteiger partial charge in [0, 0.05) is 24.2 Å². The molecule has 2 aliphatic rings. The summed E-state index contributed by atoms with van der Waals surface area (Å²) in [6.07, 6.45) is -0.698. The SMILES string of the molecule is CC1=C(c2ccccc2-c2ccc(C#N)cc2)CNC(=O)N1C1C=CC=C(C(F)(F)F)C1. The number of nitriles is 1. The van der Waals surface area contributed by atoms with Crippen LogP contribution in [0.4, 0.5) is 18.0 Å². The molecule has 4 rings (SSSR count). The summed E-state index contributed by atoms with van der Waals surface area (Å²) in [4.78, 5) is 14.1. The largest absolute Gasteiger partial charge is 0.412 e. The molecule has 1 atom stereocenters. The monoisotopic (exact) mass is 435 g/mol. The Labute approximate surface area is 184 Å². The van der Waals surface area contributed by atoms with Crippen LogP contribution in [0.2, 0.25) is 0 Å². The van der Waals surface area contributed by atoms with Crippen LogP contribution in [0.25, 0.3) is 16.7 Å². The summed E-state index contributed by atoms with van der Waals surface area (Å²) < 4.78 is 39.8. The van der Waals surface area contributed by atoms with Crippen molar-refractivity contribution >= 4 is 11.6 Å². The summed E-state index contributed by atoms with van der Waals surface area (Å²) >= 11 is 0. The van der Waals surface area contributed by atoms with Gasteiger partial charge in [-0.2, -0.15) is 18.4 Å². The van der Waals surface area contributed by atoms with E-state index < -0.39 is 23.8 Å². The maximum absolute atomic E-state index is 13.3. The maximum Gasteiger partial charge on any atom is 0.412 e. The van der Waals surface area contributed by atoms with E-state index in [1.54, 1.807) is 25.1 Å². The second-order valence-electron chi connectivity index (χ2n) is 7.67. The average Bonchev–Trinajstić information content (AvgIpc) is 2.79. The number of hydrogen-bond acceptors (Lipinski definition) is 2. The number of allylic oxidation sites excluding steroid dienone is 3. The van der Waals surface area contributed by atoms with E-state index in [4.69, 9.17) is 5.26 Å². The first kappa shape index (κ1) is 21.4. The van der Waals surface area contributed by atoms with Crippen molar-refractivity contribution in [2.24, 2.45) is 0 Å². The molecule has 0 fully saturated rings. The second kappa shape index (κ2) is 8.39. The summed E-state index contributed by atoms with van der Waals surface area (Å²) in [6, 6.07) is 15.8. The zero-order valence-corrected chi connectivity index (χ0v) is 17.3. The molecule has 4 nitrogen and oxygen atoms in total. The van der Waals surface area contributed by atoms with E-state index in [9.17, 15) is 18.0 Å². The minimum absolute atomic E-state index is 0.271. The van der Waals surface area contributed by atoms with E-state index in [0.717, 1.165) is 28.3 Å². The Balaban J connectivity index is 1.74. The Morgan fingerprint density at radius 1 is 1.09 bits per heavy atom. The highest BCUT2D eigenvalue weighted by atomic mass is 19.4. The van der Waals surface area contributed by atoms with E-state index >= 15 is 0 Å². The van der Waals surface area contributed by atoms with Gasteiger partial charge in [0.25, 0.3) is 0 Å². The fourth-order valence-corrected chi connectivity index (χ4v) is 4.14. The summed E-state index contributed by atoms with van der Waals surface area (Å²) in [5.74, 6) is 0. The molecule has 2 amide bonds. The molecule has 1 aliphatic carbocycles. The first-order valence-electron chi connectivity index (χ1n) is 10.1. The van der Waals surface area contributed by atoms with Crippen molar-refractivity contribution in [1.82, 2.24) is 10.2 Å². The van der Waals surface area contributed by atoms with Gasteiger partial charge in [-0.3, -0.25) is 4.90 Å². The van der Waals surface area contributed by atoms with Crippen LogP contribution in [0.5, 0.6) is 0 Å². The van der Waals surface area contributed by atoms with Gasteiger partial charge in [-0.05, 0) is 41.3 Å². The van der Waals surface area contributed by atoms with Crippen LogP contribution in [0.3, 0.4) is 0 Å². The minimum Gasteiger partial charge on any atom is -0.334 e. The number of nitrogens with zero attached hydrogens (tertiary/aromatic N) is 2. The molecule has 2 aromatic carbocycles. The van der Waals surface area contributed by atoms with Crippen molar-refractivity contribution in [3.05, 3.63) is 89.2 Å². The van der Waals surface area contributed by atoms with Gasteiger partial charge in [-0.25, -0.2) is 4.79 Å². The van der Waals surface area contributed by atoms with E-state index in [1.165, 1.54) is 11.0 Å². The highest BCUT2D eigenvalue weighted by Crippen LogP contribution is 2.37. The van der Waals surface area contributed by atoms with Gasteiger partial charge in [0.05, 0.1) is 17.7 Å². The van der Waals surface area contributed by atoms with Gasteiger partial charge in [0.15, 0.2) is 0 Å². The molecule has 0 spiro atoms. The number of nitrogens with one attached hydrogen (secondary N) is 1. The smallest absolute Gasteiger partial charge is 0.334 e. The van der Waals surface area contributed by atoms with Crippen LogP contribution in [-0.4, -0.2) is 29.7 Å². The third-order valence-corrected chi connectivity index (χ3v) is 5.77. The number of carbonyl (C=O) groups excluding carboxylic acids is 1. The lowest BCUT2D eigenvalue weighted by atomic mass is 9.91. The average molecular weight is 435 g/mol. The van der Waals surface area contributed by atoms with Crippen molar-refractivity contribution in [2.45, 2.75) is 25.6 Å². The lowest BCUT2D eigenvalue weighted by Gasteiger charge is -2.37. The van der Waals surface area contributed by atoms with Crippen LogP contribution in [-0.2, 0) is 0 Å². The number of carbonyl (C=O) groups is 1. The van der Waals surface area contributed by atoms with Crippen molar-refractivity contribution in [3.8, 4) is 17.2 Å². The molecule has 2 aromatic rings. The molecule has 0 saturated carbocycles. The lowest BCUT2D eigenvalue weighted by Crippen LogP contribution is -2.49. The van der Waals surface area contributed by atoms with Crippen molar-refractivity contribution in [1.29, 1.82) is 5.26 Å². The van der Waals surface area contributed by atoms with Crippen LogP contribution in [0.1, 0.15) is 24.5 Å². The molecule has 1 heterocycles. The van der Waals surface area contributed by atoms with Gasteiger partial charge in [-0.1, -0.05) is 54.6 Å². The molecule has 0 saturated heterocycles. The molecule has 7 heteroatoms. The van der Waals surface area contributed by atoms with Crippen molar-refractivity contribution in [3.63, 3.8) is 0 Å². The first-order valence-corrected chi connectivity index (χ1v) is 10.1.